The summed E-state index contributed by atoms with van der Waals surface area (Å²) in [6.45, 7) is 2.30. The van der Waals surface area contributed by atoms with Crippen LogP contribution >= 0.6 is 0 Å². The van der Waals surface area contributed by atoms with Crippen LogP contribution in [0.4, 0.5) is 0 Å². The maximum absolute atomic E-state index is 12.7. The SMILES string of the molecule is O=C(O)[C@@H]1CN(C(=O)c2ccn(C3CCOCC3)n2)C[C@H]1C1CC1. The molecule has 2 atom stereocenters. The monoisotopic (exact) mass is 333 g/mol. The molecule has 2 saturated heterocycles. The number of ether oxygens (including phenoxy) is 1. The Morgan fingerprint density at radius 2 is 1.92 bits per heavy atom. The van der Waals surface area contributed by atoms with Crippen molar-refractivity contribution in [2.75, 3.05) is 26.3 Å². The molecule has 1 amide bonds. The minimum absolute atomic E-state index is 0.101. The van der Waals surface area contributed by atoms with Crippen molar-refractivity contribution in [3.05, 3.63) is 18.0 Å². The second-order valence-electron chi connectivity index (χ2n) is 7.18. The molecule has 130 valence electrons. The van der Waals surface area contributed by atoms with E-state index in [-0.39, 0.29) is 17.9 Å². The smallest absolute Gasteiger partial charge is 0.308 e. The fourth-order valence-electron chi connectivity index (χ4n) is 4.03. The van der Waals surface area contributed by atoms with Crippen molar-refractivity contribution in [2.24, 2.45) is 17.8 Å². The fraction of sp³-hybridized carbons (Fsp3) is 0.706. The molecule has 1 aromatic heterocycles. The predicted octanol–water partition coefficient (Wildman–Crippen LogP) is 1.42. The third kappa shape index (κ3) is 2.92. The van der Waals surface area contributed by atoms with E-state index in [2.05, 4.69) is 5.10 Å². The zero-order valence-electron chi connectivity index (χ0n) is 13.6. The first-order valence-corrected chi connectivity index (χ1v) is 8.78. The van der Waals surface area contributed by atoms with Crippen LogP contribution in [0.3, 0.4) is 0 Å². The summed E-state index contributed by atoms with van der Waals surface area (Å²) in [5.41, 5.74) is 0.419. The van der Waals surface area contributed by atoms with Crippen LogP contribution in [0.25, 0.3) is 0 Å². The lowest BCUT2D eigenvalue weighted by Crippen LogP contribution is -2.30. The maximum Gasteiger partial charge on any atom is 0.308 e. The van der Waals surface area contributed by atoms with E-state index < -0.39 is 11.9 Å². The van der Waals surface area contributed by atoms with Crippen molar-refractivity contribution < 1.29 is 19.4 Å². The van der Waals surface area contributed by atoms with Gasteiger partial charge in [0.05, 0.1) is 12.0 Å². The highest BCUT2D eigenvalue weighted by Gasteiger charge is 2.47. The largest absolute Gasteiger partial charge is 0.481 e. The summed E-state index contributed by atoms with van der Waals surface area (Å²) in [6.07, 6.45) is 5.85. The van der Waals surface area contributed by atoms with Gasteiger partial charge in [0.1, 0.15) is 5.69 Å². The van der Waals surface area contributed by atoms with Gasteiger partial charge < -0.3 is 14.7 Å². The van der Waals surface area contributed by atoms with Crippen molar-refractivity contribution in [1.29, 1.82) is 0 Å². The topological polar surface area (TPSA) is 84.7 Å². The Hall–Kier alpha value is -1.89. The van der Waals surface area contributed by atoms with Gasteiger partial charge in [0.15, 0.2) is 0 Å². The molecular weight excluding hydrogens is 310 g/mol. The van der Waals surface area contributed by atoms with Gasteiger partial charge in [0.25, 0.3) is 5.91 Å². The quantitative estimate of drug-likeness (QED) is 0.901. The zero-order chi connectivity index (χ0) is 16.7. The molecule has 1 aliphatic carbocycles. The molecular formula is C17H23N3O4. The van der Waals surface area contributed by atoms with Crippen LogP contribution in [0.2, 0.25) is 0 Å². The van der Waals surface area contributed by atoms with E-state index in [1.54, 1.807) is 11.0 Å². The molecule has 0 aromatic carbocycles. The Balaban J connectivity index is 1.45. The summed E-state index contributed by atoms with van der Waals surface area (Å²) < 4.78 is 7.22. The molecule has 0 unspecified atom stereocenters. The molecule has 24 heavy (non-hydrogen) atoms. The van der Waals surface area contributed by atoms with E-state index in [1.165, 1.54) is 0 Å². The van der Waals surface area contributed by atoms with E-state index in [0.29, 0.717) is 24.7 Å². The number of hydrogen-bond donors (Lipinski definition) is 1. The first-order chi connectivity index (χ1) is 11.6. The van der Waals surface area contributed by atoms with E-state index in [0.717, 1.165) is 38.9 Å². The zero-order valence-corrected chi connectivity index (χ0v) is 13.6. The number of carboxylic acid groups (broad SMARTS) is 1. The number of carboxylic acids is 1. The summed E-state index contributed by atoms with van der Waals surface area (Å²) in [4.78, 5) is 25.9. The van der Waals surface area contributed by atoms with Gasteiger partial charge in [-0.1, -0.05) is 0 Å². The Labute approximate surface area is 140 Å². The predicted molar refractivity (Wildman–Crippen MR) is 84.6 cm³/mol. The number of amides is 1. The third-order valence-electron chi connectivity index (χ3n) is 5.59. The molecule has 1 saturated carbocycles. The van der Waals surface area contributed by atoms with Crippen LogP contribution < -0.4 is 0 Å². The Morgan fingerprint density at radius 3 is 2.58 bits per heavy atom. The number of hydrogen-bond acceptors (Lipinski definition) is 4. The molecule has 0 bridgehead atoms. The van der Waals surface area contributed by atoms with E-state index in [1.807, 2.05) is 10.9 Å². The first-order valence-electron chi connectivity index (χ1n) is 8.78. The summed E-state index contributed by atoms with van der Waals surface area (Å²) in [5.74, 6) is -0.781. The highest BCUT2D eigenvalue weighted by atomic mass is 16.5. The minimum atomic E-state index is -0.782. The molecule has 1 N–H and O–H groups in total. The summed E-state index contributed by atoms with van der Waals surface area (Å²) >= 11 is 0. The van der Waals surface area contributed by atoms with Gasteiger partial charge in [-0.3, -0.25) is 14.3 Å². The summed E-state index contributed by atoms with van der Waals surface area (Å²) in [7, 11) is 0. The van der Waals surface area contributed by atoms with Crippen molar-refractivity contribution in [3.63, 3.8) is 0 Å². The van der Waals surface area contributed by atoms with Gasteiger partial charge in [0, 0.05) is 32.5 Å². The van der Waals surface area contributed by atoms with Gasteiger partial charge in [-0.25, -0.2) is 0 Å². The molecule has 3 fully saturated rings. The van der Waals surface area contributed by atoms with Crippen LogP contribution in [0.1, 0.15) is 42.2 Å². The van der Waals surface area contributed by atoms with Crippen molar-refractivity contribution >= 4 is 11.9 Å². The van der Waals surface area contributed by atoms with Gasteiger partial charge in [-0.15, -0.1) is 0 Å². The van der Waals surface area contributed by atoms with E-state index in [4.69, 9.17) is 4.74 Å². The third-order valence-corrected chi connectivity index (χ3v) is 5.59. The van der Waals surface area contributed by atoms with Crippen LogP contribution in [0.15, 0.2) is 12.3 Å². The van der Waals surface area contributed by atoms with Crippen LogP contribution in [-0.2, 0) is 9.53 Å². The molecule has 3 aliphatic rings. The summed E-state index contributed by atoms with van der Waals surface area (Å²) in [5, 5.41) is 13.9. The van der Waals surface area contributed by atoms with Crippen LogP contribution in [0.5, 0.6) is 0 Å². The van der Waals surface area contributed by atoms with Gasteiger partial charge in [-0.05, 0) is 43.6 Å². The molecule has 7 heteroatoms. The van der Waals surface area contributed by atoms with E-state index in [9.17, 15) is 14.7 Å². The van der Waals surface area contributed by atoms with Gasteiger partial charge >= 0.3 is 5.97 Å². The second kappa shape index (κ2) is 6.20. The lowest BCUT2D eigenvalue weighted by atomic mass is 9.92. The highest BCUT2D eigenvalue weighted by molar-refractivity contribution is 5.93. The molecule has 0 radical (unpaired) electrons. The van der Waals surface area contributed by atoms with Crippen molar-refractivity contribution in [1.82, 2.24) is 14.7 Å². The average Bonchev–Trinajstić information content (AvgIpc) is 3.15. The second-order valence-corrected chi connectivity index (χ2v) is 7.18. The van der Waals surface area contributed by atoms with Crippen LogP contribution in [0, 0.1) is 17.8 Å². The molecule has 0 spiro atoms. The number of carbonyl (C=O) groups is 2. The van der Waals surface area contributed by atoms with Crippen molar-refractivity contribution in [2.45, 2.75) is 31.7 Å². The van der Waals surface area contributed by atoms with Gasteiger partial charge in [-0.2, -0.15) is 5.10 Å². The number of carbonyl (C=O) groups excluding carboxylic acids is 1. The standard InChI is InChI=1S/C17H23N3O4/c21-16(15-3-6-20(18-15)12-4-7-24-8-5-12)19-9-13(11-1-2-11)14(10-19)17(22)23/h3,6,11-14H,1-2,4-5,7-10H2,(H,22,23)/t13-,14+/m0/s1. The number of aliphatic carboxylic acids is 1. The Kier molecular flexibility index (Phi) is 4.04. The minimum Gasteiger partial charge on any atom is -0.481 e. The molecule has 4 rings (SSSR count). The lowest BCUT2D eigenvalue weighted by Gasteiger charge is -2.22. The number of likely N-dealkylation sites (tertiary alicyclic amines) is 1. The number of rotatable bonds is 4. The van der Waals surface area contributed by atoms with Crippen molar-refractivity contribution in [3.8, 4) is 0 Å². The average molecular weight is 333 g/mol. The highest BCUT2D eigenvalue weighted by Crippen LogP contribution is 2.44. The molecule has 2 aliphatic heterocycles. The number of nitrogens with zero attached hydrogens (tertiary/aromatic N) is 3. The Bertz CT molecular complexity index is 634. The first kappa shape index (κ1) is 15.6. The van der Waals surface area contributed by atoms with E-state index >= 15 is 0 Å². The molecule has 1 aromatic rings. The van der Waals surface area contributed by atoms with Gasteiger partial charge in [0.2, 0.25) is 0 Å². The maximum atomic E-state index is 12.7. The lowest BCUT2D eigenvalue weighted by molar-refractivity contribution is -0.142. The normalized spacial score (nSPS) is 28.2. The van der Waals surface area contributed by atoms with Crippen LogP contribution in [-0.4, -0.2) is 58.0 Å². The fourth-order valence-corrected chi connectivity index (χ4v) is 4.03. The Morgan fingerprint density at radius 1 is 1.17 bits per heavy atom. The molecule has 7 nitrogen and oxygen atoms in total. The molecule has 3 heterocycles. The summed E-state index contributed by atoms with van der Waals surface area (Å²) in [6, 6.07) is 2.03. The number of aromatic nitrogens is 2.